The van der Waals surface area contributed by atoms with Crippen molar-refractivity contribution in [3.8, 4) is 16.9 Å². The molecule has 33 heavy (non-hydrogen) atoms. The van der Waals surface area contributed by atoms with Crippen molar-refractivity contribution < 1.29 is 13.2 Å². The molecule has 3 aromatic carbocycles. The first-order chi connectivity index (χ1) is 15.9. The highest BCUT2D eigenvalue weighted by molar-refractivity contribution is 7.89. The third-order valence-electron chi connectivity index (χ3n) is 5.15. The van der Waals surface area contributed by atoms with Crippen LogP contribution in [0.3, 0.4) is 0 Å². The molecule has 1 amide bonds. The number of carbonyl (C=O) groups excluding carboxylic acids is 1. The van der Waals surface area contributed by atoms with E-state index in [0.29, 0.717) is 0 Å². The Hall–Kier alpha value is -3.75. The van der Waals surface area contributed by atoms with Gasteiger partial charge in [-0.3, -0.25) is 4.79 Å². The molecule has 0 aliphatic carbocycles. The van der Waals surface area contributed by atoms with Crippen LogP contribution in [0.2, 0.25) is 0 Å². The van der Waals surface area contributed by atoms with Crippen LogP contribution in [0.5, 0.6) is 0 Å². The van der Waals surface area contributed by atoms with Crippen molar-refractivity contribution in [3.63, 3.8) is 0 Å². The van der Waals surface area contributed by atoms with Gasteiger partial charge in [-0.05, 0) is 24.3 Å². The lowest BCUT2D eigenvalue weighted by Crippen LogP contribution is -2.38. The Morgan fingerprint density at radius 1 is 0.909 bits per heavy atom. The molecule has 0 aliphatic heterocycles. The number of rotatable bonds is 8. The van der Waals surface area contributed by atoms with Crippen molar-refractivity contribution in [2.75, 3.05) is 13.6 Å². The van der Waals surface area contributed by atoms with Crippen LogP contribution >= 0.6 is 0 Å². The van der Waals surface area contributed by atoms with Crippen molar-refractivity contribution >= 4 is 15.9 Å². The highest BCUT2D eigenvalue weighted by Crippen LogP contribution is 2.23. The van der Waals surface area contributed by atoms with Crippen LogP contribution in [0.4, 0.5) is 0 Å². The van der Waals surface area contributed by atoms with Crippen LogP contribution in [0.25, 0.3) is 16.9 Å². The van der Waals surface area contributed by atoms with E-state index in [2.05, 4.69) is 5.32 Å². The summed E-state index contributed by atoms with van der Waals surface area (Å²) >= 11 is 0. The zero-order valence-corrected chi connectivity index (χ0v) is 18.9. The molecule has 0 radical (unpaired) electrons. The highest BCUT2D eigenvalue weighted by atomic mass is 32.2. The van der Waals surface area contributed by atoms with Crippen molar-refractivity contribution in [1.29, 1.82) is 0 Å². The zero-order valence-electron chi connectivity index (χ0n) is 18.1. The lowest BCUT2D eigenvalue weighted by atomic mass is 10.1. The molecule has 8 heteroatoms. The van der Waals surface area contributed by atoms with E-state index in [1.807, 2.05) is 66.9 Å². The number of sulfonamides is 1. The monoisotopic (exact) mass is 460 g/mol. The van der Waals surface area contributed by atoms with E-state index in [-0.39, 0.29) is 18.0 Å². The Morgan fingerprint density at radius 2 is 1.48 bits per heavy atom. The molecule has 7 nitrogen and oxygen atoms in total. The van der Waals surface area contributed by atoms with E-state index in [9.17, 15) is 13.2 Å². The smallest absolute Gasteiger partial charge is 0.243 e. The molecule has 1 N–H and O–H groups in total. The summed E-state index contributed by atoms with van der Waals surface area (Å²) in [6.45, 7) is -0.0696. The van der Waals surface area contributed by atoms with Gasteiger partial charge in [0.1, 0.15) is 0 Å². The molecule has 0 spiro atoms. The third-order valence-corrected chi connectivity index (χ3v) is 6.97. The van der Waals surface area contributed by atoms with Crippen LogP contribution in [-0.2, 0) is 21.4 Å². The number of aromatic nitrogens is 2. The quantitative estimate of drug-likeness (QED) is 0.436. The van der Waals surface area contributed by atoms with Crippen molar-refractivity contribution in [3.05, 3.63) is 103 Å². The van der Waals surface area contributed by atoms with E-state index >= 15 is 0 Å². The number of likely N-dealkylation sites (N-methyl/N-ethyl adjacent to an activating group) is 1. The number of benzene rings is 3. The maximum absolute atomic E-state index is 12.7. The topological polar surface area (TPSA) is 84.3 Å². The normalized spacial score (nSPS) is 11.5. The molecule has 1 aromatic heterocycles. The lowest BCUT2D eigenvalue weighted by molar-refractivity contribution is -0.121. The molecule has 0 saturated carbocycles. The van der Waals surface area contributed by atoms with Crippen LogP contribution in [0, 0.1) is 0 Å². The third kappa shape index (κ3) is 5.19. The van der Waals surface area contributed by atoms with Gasteiger partial charge in [0.15, 0.2) is 0 Å². The summed E-state index contributed by atoms with van der Waals surface area (Å²) in [5.74, 6) is -0.400. The maximum Gasteiger partial charge on any atom is 0.243 e. The summed E-state index contributed by atoms with van der Waals surface area (Å²) in [6.07, 6.45) is 1.88. The van der Waals surface area contributed by atoms with Gasteiger partial charge in [0.05, 0.1) is 22.8 Å². The minimum Gasteiger partial charge on any atom is -0.351 e. The van der Waals surface area contributed by atoms with Gasteiger partial charge >= 0.3 is 0 Å². The van der Waals surface area contributed by atoms with E-state index in [1.54, 1.807) is 22.9 Å². The Morgan fingerprint density at radius 3 is 2.12 bits per heavy atom. The second-order valence-electron chi connectivity index (χ2n) is 7.50. The number of hydrogen-bond donors (Lipinski definition) is 1. The molecule has 0 unspecified atom stereocenters. The van der Waals surface area contributed by atoms with Gasteiger partial charge in [0.25, 0.3) is 0 Å². The Kier molecular flexibility index (Phi) is 6.67. The molecule has 0 atom stereocenters. The second kappa shape index (κ2) is 9.81. The van der Waals surface area contributed by atoms with Crippen LogP contribution < -0.4 is 5.32 Å². The Bertz CT molecular complexity index is 1320. The average Bonchev–Trinajstić information content (AvgIpc) is 3.29. The molecule has 4 rings (SSSR count). The fraction of sp³-hybridized carbons (Fsp3) is 0.120. The molecule has 168 valence electrons. The van der Waals surface area contributed by atoms with Gasteiger partial charge in [0.2, 0.25) is 15.9 Å². The molecular formula is C25H24N4O3S. The van der Waals surface area contributed by atoms with Gasteiger partial charge in [-0.25, -0.2) is 13.1 Å². The van der Waals surface area contributed by atoms with Gasteiger partial charge < -0.3 is 5.32 Å². The van der Waals surface area contributed by atoms with E-state index in [4.69, 9.17) is 5.10 Å². The number of nitrogens with zero attached hydrogens (tertiary/aromatic N) is 3. The standard InChI is InChI=1S/C25H24N4O3S/c1-28(33(31,32)23-15-9-4-10-16-23)19-24(30)26-17-21-18-29(22-13-7-3-8-14-22)27-25(21)20-11-5-2-6-12-20/h2-16,18H,17,19H2,1H3,(H,26,30). The fourth-order valence-electron chi connectivity index (χ4n) is 3.40. The van der Waals surface area contributed by atoms with Crippen LogP contribution in [-0.4, -0.2) is 42.0 Å². The first kappa shape index (κ1) is 22.4. The zero-order chi connectivity index (χ0) is 23.3. The highest BCUT2D eigenvalue weighted by Gasteiger charge is 2.23. The van der Waals surface area contributed by atoms with Crippen molar-refractivity contribution in [2.45, 2.75) is 11.4 Å². The summed E-state index contributed by atoms with van der Waals surface area (Å²) in [6, 6.07) is 27.5. The van der Waals surface area contributed by atoms with E-state index in [0.717, 1.165) is 26.8 Å². The molecule has 0 fully saturated rings. The first-order valence-electron chi connectivity index (χ1n) is 10.4. The lowest BCUT2D eigenvalue weighted by Gasteiger charge is -2.16. The minimum atomic E-state index is -3.74. The van der Waals surface area contributed by atoms with Gasteiger partial charge in [0, 0.05) is 30.9 Å². The summed E-state index contributed by atoms with van der Waals surface area (Å²) in [5.41, 5.74) is 3.41. The number of carbonyl (C=O) groups is 1. The molecule has 0 aliphatic rings. The predicted molar refractivity (Wildman–Crippen MR) is 127 cm³/mol. The van der Waals surface area contributed by atoms with Crippen LogP contribution in [0.1, 0.15) is 5.56 Å². The van der Waals surface area contributed by atoms with Gasteiger partial charge in [-0.2, -0.15) is 9.40 Å². The average molecular weight is 461 g/mol. The number of nitrogens with one attached hydrogen (secondary N) is 1. The SMILES string of the molecule is CN(CC(=O)NCc1cn(-c2ccccc2)nc1-c1ccccc1)S(=O)(=O)c1ccccc1. The fourth-order valence-corrected chi connectivity index (χ4v) is 4.55. The summed E-state index contributed by atoms with van der Waals surface area (Å²) in [7, 11) is -2.35. The molecule has 1 heterocycles. The molecule has 4 aromatic rings. The van der Waals surface area contributed by atoms with Gasteiger partial charge in [-0.15, -0.1) is 0 Å². The summed E-state index contributed by atoms with van der Waals surface area (Å²) in [5, 5.41) is 7.56. The Labute approximate surface area is 193 Å². The largest absolute Gasteiger partial charge is 0.351 e. The van der Waals surface area contributed by atoms with Crippen molar-refractivity contribution in [2.24, 2.45) is 0 Å². The summed E-state index contributed by atoms with van der Waals surface area (Å²) < 4.78 is 28.2. The minimum absolute atomic E-state index is 0.149. The van der Waals surface area contributed by atoms with E-state index in [1.165, 1.54) is 19.2 Å². The number of amides is 1. The van der Waals surface area contributed by atoms with Crippen molar-refractivity contribution in [1.82, 2.24) is 19.4 Å². The Balaban J connectivity index is 1.50. The first-order valence-corrected chi connectivity index (χ1v) is 11.9. The molecule has 0 saturated heterocycles. The van der Waals surface area contributed by atoms with E-state index < -0.39 is 15.9 Å². The van der Waals surface area contributed by atoms with Gasteiger partial charge in [-0.1, -0.05) is 66.7 Å². The van der Waals surface area contributed by atoms with Crippen LogP contribution in [0.15, 0.2) is 102 Å². The maximum atomic E-state index is 12.7. The second-order valence-corrected chi connectivity index (χ2v) is 9.54. The number of hydrogen-bond acceptors (Lipinski definition) is 4. The molecular weight excluding hydrogens is 436 g/mol. The number of para-hydroxylation sites is 1. The predicted octanol–water partition coefficient (Wildman–Crippen LogP) is 3.48. The molecule has 0 bridgehead atoms. The summed E-state index contributed by atoms with van der Waals surface area (Å²) in [4.78, 5) is 12.7.